The van der Waals surface area contributed by atoms with Crippen LogP contribution in [-0.4, -0.2) is 0 Å². The average molecular weight is 149 g/mol. The third-order valence-corrected chi connectivity index (χ3v) is 1.54. The third-order valence-electron chi connectivity index (χ3n) is 1.54. The molecular formula is C8H7NO2. The van der Waals surface area contributed by atoms with Crippen molar-refractivity contribution in [1.29, 1.82) is 0 Å². The quantitative estimate of drug-likeness (QED) is 0.501. The Labute approximate surface area is 63.3 Å². The van der Waals surface area contributed by atoms with Crippen molar-refractivity contribution in [3.63, 3.8) is 0 Å². The van der Waals surface area contributed by atoms with Gasteiger partial charge < -0.3 is 5.73 Å². The second-order valence-electron chi connectivity index (χ2n) is 2.25. The first-order valence-corrected chi connectivity index (χ1v) is 3.26. The van der Waals surface area contributed by atoms with E-state index in [-0.39, 0.29) is 0 Å². The van der Waals surface area contributed by atoms with Gasteiger partial charge in [0.05, 0.1) is 0 Å². The lowest BCUT2D eigenvalue weighted by Gasteiger charge is -2.05. The molecule has 0 saturated carbocycles. The molecule has 1 aliphatic heterocycles. The van der Waals surface area contributed by atoms with Gasteiger partial charge in [-0.1, -0.05) is 18.2 Å². The summed E-state index contributed by atoms with van der Waals surface area (Å²) in [6, 6.07) is 7.60. The minimum atomic E-state index is 0.308. The lowest BCUT2D eigenvalue weighted by Crippen LogP contribution is -2.33. The molecule has 2 rings (SSSR count). The zero-order valence-electron chi connectivity index (χ0n) is 5.78. The van der Waals surface area contributed by atoms with Crippen LogP contribution in [0.5, 0.6) is 0 Å². The average Bonchev–Trinajstić information content (AvgIpc) is 2.06. The monoisotopic (exact) mass is 149 g/mol. The van der Waals surface area contributed by atoms with Gasteiger partial charge in [0, 0.05) is 10.4 Å². The smallest absolute Gasteiger partial charge is 0.249 e. The summed E-state index contributed by atoms with van der Waals surface area (Å²) in [5.41, 5.74) is 5.50. The maximum Gasteiger partial charge on any atom is 0.249 e. The van der Waals surface area contributed by atoms with Gasteiger partial charge >= 0.3 is 0 Å². The Balaban J connectivity index is 2.89. The molecule has 0 aliphatic carbocycles. The van der Waals surface area contributed by atoms with Crippen molar-refractivity contribution in [3.05, 3.63) is 34.7 Å². The van der Waals surface area contributed by atoms with Crippen molar-refractivity contribution >= 4 is 12.1 Å². The number of hydrogen-bond donors (Lipinski definition) is 1. The Kier molecular flexibility index (Phi) is 1.22. The molecule has 11 heavy (non-hydrogen) atoms. The largest absolute Gasteiger partial charge is 0.366 e. The summed E-state index contributed by atoms with van der Waals surface area (Å²) < 4.78 is 0. The minimum absolute atomic E-state index is 0.308. The zero-order chi connectivity index (χ0) is 7.68. The first kappa shape index (κ1) is 6.09. The molecule has 1 aromatic carbocycles. The number of fused-ring (bicyclic) bond motifs is 1. The number of rotatable bonds is 0. The summed E-state index contributed by atoms with van der Waals surface area (Å²) >= 11 is 0. The molecule has 0 bridgehead atoms. The Morgan fingerprint density at radius 2 is 2.00 bits per heavy atom. The zero-order valence-corrected chi connectivity index (χ0v) is 5.78. The fourth-order valence-electron chi connectivity index (χ4n) is 0.997. The second-order valence-corrected chi connectivity index (χ2v) is 2.25. The molecule has 0 aromatic heterocycles. The molecule has 3 heteroatoms. The maximum atomic E-state index is 5.50. The molecule has 0 atom stereocenters. The van der Waals surface area contributed by atoms with Gasteiger partial charge in [-0.2, -0.15) is 0 Å². The predicted molar refractivity (Wildman–Crippen MR) is 39.9 cm³/mol. The van der Waals surface area contributed by atoms with Crippen LogP contribution in [-0.2, 0) is 9.78 Å². The van der Waals surface area contributed by atoms with E-state index in [1.54, 1.807) is 0 Å². The highest BCUT2D eigenvalue weighted by molar-refractivity contribution is 5.36. The SMILES string of the molecule is NC1=c2ccccc2=COO1. The van der Waals surface area contributed by atoms with Gasteiger partial charge in [0.1, 0.15) is 0 Å². The maximum absolute atomic E-state index is 5.50. The molecule has 3 nitrogen and oxygen atoms in total. The predicted octanol–water partition coefficient (Wildman–Crippen LogP) is -0.589. The summed E-state index contributed by atoms with van der Waals surface area (Å²) in [6.07, 6.45) is 1.52. The third kappa shape index (κ3) is 0.902. The topological polar surface area (TPSA) is 44.5 Å². The first-order chi connectivity index (χ1) is 5.38. The van der Waals surface area contributed by atoms with E-state index >= 15 is 0 Å². The van der Waals surface area contributed by atoms with Gasteiger partial charge in [-0.05, 0) is 6.07 Å². The van der Waals surface area contributed by atoms with Crippen molar-refractivity contribution in [2.75, 3.05) is 0 Å². The molecule has 0 saturated heterocycles. The van der Waals surface area contributed by atoms with E-state index in [1.165, 1.54) is 6.26 Å². The van der Waals surface area contributed by atoms with Crippen molar-refractivity contribution in [3.8, 4) is 0 Å². The molecule has 0 radical (unpaired) electrons. The minimum Gasteiger partial charge on any atom is -0.366 e. The van der Waals surface area contributed by atoms with Gasteiger partial charge in [0.25, 0.3) is 0 Å². The molecule has 2 N–H and O–H groups in total. The number of hydrogen-bond acceptors (Lipinski definition) is 3. The van der Waals surface area contributed by atoms with Crippen molar-refractivity contribution in [2.45, 2.75) is 0 Å². The molecule has 1 aromatic rings. The molecule has 0 unspecified atom stereocenters. The normalized spacial score (nSPS) is 14.0. The highest BCUT2D eigenvalue weighted by atomic mass is 17.2. The number of benzene rings is 1. The van der Waals surface area contributed by atoms with E-state index in [1.807, 2.05) is 24.3 Å². The lowest BCUT2D eigenvalue weighted by atomic mass is 10.2. The molecule has 0 amide bonds. The van der Waals surface area contributed by atoms with Gasteiger partial charge in [0.15, 0.2) is 6.26 Å². The Bertz CT molecular complexity index is 383. The molecule has 0 fully saturated rings. The van der Waals surface area contributed by atoms with E-state index in [0.29, 0.717) is 5.88 Å². The van der Waals surface area contributed by atoms with Crippen molar-refractivity contribution in [2.24, 2.45) is 5.73 Å². The van der Waals surface area contributed by atoms with Crippen LogP contribution in [0.25, 0.3) is 12.1 Å². The van der Waals surface area contributed by atoms with Crippen molar-refractivity contribution in [1.82, 2.24) is 0 Å². The van der Waals surface area contributed by atoms with Crippen LogP contribution in [0.4, 0.5) is 0 Å². The number of nitrogens with two attached hydrogens (primary N) is 1. The molecule has 56 valence electrons. The van der Waals surface area contributed by atoms with Crippen LogP contribution >= 0.6 is 0 Å². The standard InChI is InChI=1S/C8H7NO2/c9-8-7-4-2-1-3-6(7)5-10-11-8/h1-5H,9H2. The van der Waals surface area contributed by atoms with E-state index < -0.39 is 0 Å². The van der Waals surface area contributed by atoms with Gasteiger partial charge in [-0.15, -0.1) is 0 Å². The van der Waals surface area contributed by atoms with Crippen molar-refractivity contribution < 1.29 is 9.78 Å². The summed E-state index contributed by atoms with van der Waals surface area (Å²) in [6.45, 7) is 0. The Morgan fingerprint density at radius 1 is 1.18 bits per heavy atom. The van der Waals surface area contributed by atoms with Crippen LogP contribution in [0.2, 0.25) is 0 Å². The van der Waals surface area contributed by atoms with E-state index in [0.717, 1.165) is 10.4 Å². The highest BCUT2D eigenvalue weighted by Crippen LogP contribution is 1.91. The van der Waals surface area contributed by atoms with Crippen LogP contribution < -0.4 is 16.2 Å². The van der Waals surface area contributed by atoms with E-state index in [2.05, 4.69) is 9.78 Å². The molecular weight excluding hydrogens is 142 g/mol. The van der Waals surface area contributed by atoms with E-state index in [4.69, 9.17) is 5.73 Å². The van der Waals surface area contributed by atoms with Gasteiger partial charge in [0.2, 0.25) is 5.88 Å². The summed E-state index contributed by atoms with van der Waals surface area (Å²) in [4.78, 5) is 9.26. The fourth-order valence-corrected chi connectivity index (χ4v) is 0.997. The van der Waals surface area contributed by atoms with Crippen LogP contribution in [0.3, 0.4) is 0 Å². The Morgan fingerprint density at radius 3 is 2.82 bits per heavy atom. The molecule has 0 spiro atoms. The van der Waals surface area contributed by atoms with Gasteiger partial charge in [-0.25, -0.2) is 0 Å². The first-order valence-electron chi connectivity index (χ1n) is 3.26. The Hall–Kier alpha value is -1.64. The van der Waals surface area contributed by atoms with Crippen LogP contribution in [0.1, 0.15) is 0 Å². The fraction of sp³-hybridized carbons (Fsp3) is 0. The second kappa shape index (κ2) is 2.20. The van der Waals surface area contributed by atoms with Crippen LogP contribution in [0.15, 0.2) is 24.3 Å². The van der Waals surface area contributed by atoms with E-state index in [9.17, 15) is 0 Å². The summed E-state index contributed by atoms with van der Waals surface area (Å²) in [5, 5.41) is 1.81. The summed E-state index contributed by atoms with van der Waals surface area (Å²) in [7, 11) is 0. The molecule has 1 heterocycles. The lowest BCUT2D eigenvalue weighted by molar-refractivity contribution is -0.163. The summed E-state index contributed by atoms with van der Waals surface area (Å²) in [5.74, 6) is 0.308. The van der Waals surface area contributed by atoms with Gasteiger partial charge in [-0.3, -0.25) is 9.78 Å². The van der Waals surface area contributed by atoms with Crippen LogP contribution in [0, 0.1) is 0 Å². The molecule has 1 aliphatic rings. The highest BCUT2D eigenvalue weighted by Gasteiger charge is 2.00.